The predicted molar refractivity (Wildman–Crippen MR) is 167 cm³/mol. The van der Waals surface area contributed by atoms with Crippen LogP contribution in [0.2, 0.25) is 0 Å². The summed E-state index contributed by atoms with van der Waals surface area (Å²) in [6.45, 7) is 11.1. The van der Waals surface area contributed by atoms with E-state index in [1.54, 1.807) is 62.6 Å². The summed E-state index contributed by atoms with van der Waals surface area (Å²) in [5.41, 5.74) is 3.09. The first-order valence-electron chi connectivity index (χ1n) is 14.3. The van der Waals surface area contributed by atoms with Gasteiger partial charge in [-0.3, -0.25) is 13.9 Å². The summed E-state index contributed by atoms with van der Waals surface area (Å²) in [6, 6.07) is 20.0. The molecule has 42 heavy (non-hydrogen) atoms. The molecule has 8 nitrogen and oxygen atoms in total. The van der Waals surface area contributed by atoms with E-state index in [1.807, 2.05) is 45.0 Å². The Hall–Kier alpha value is -3.85. The Labute approximate surface area is 250 Å². The summed E-state index contributed by atoms with van der Waals surface area (Å²) < 4.78 is 34.5. The molecule has 0 spiro atoms. The van der Waals surface area contributed by atoms with Crippen molar-refractivity contribution in [3.8, 4) is 5.75 Å². The maximum atomic E-state index is 14.1. The molecule has 0 saturated carbocycles. The van der Waals surface area contributed by atoms with E-state index in [1.165, 1.54) is 4.90 Å². The zero-order valence-corrected chi connectivity index (χ0v) is 26.4. The molecule has 0 bridgehead atoms. The lowest BCUT2D eigenvalue weighted by atomic mass is 10.0. The average Bonchev–Trinajstić information content (AvgIpc) is 2.98. The van der Waals surface area contributed by atoms with E-state index in [2.05, 4.69) is 19.2 Å². The summed E-state index contributed by atoms with van der Waals surface area (Å²) in [5, 5.41) is 2.95. The molecule has 0 fully saturated rings. The second-order valence-electron chi connectivity index (χ2n) is 10.9. The molecule has 2 atom stereocenters. The van der Waals surface area contributed by atoms with Gasteiger partial charge in [0.2, 0.25) is 11.8 Å². The molecule has 0 radical (unpaired) electrons. The maximum absolute atomic E-state index is 14.1. The number of anilines is 1. The van der Waals surface area contributed by atoms with Gasteiger partial charge in [-0.05, 0) is 80.6 Å². The predicted octanol–water partition coefficient (Wildman–Crippen LogP) is 5.65. The van der Waals surface area contributed by atoms with Crippen molar-refractivity contribution in [3.63, 3.8) is 0 Å². The van der Waals surface area contributed by atoms with Crippen LogP contribution >= 0.6 is 0 Å². The lowest BCUT2D eigenvalue weighted by Crippen LogP contribution is -2.52. The molecular weight excluding hydrogens is 550 g/mol. The number of hydrogen-bond acceptors (Lipinski definition) is 5. The third-order valence-corrected chi connectivity index (χ3v) is 9.18. The molecule has 9 heteroatoms. The van der Waals surface area contributed by atoms with Gasteiger partial charge in [-0.1, -0.05) is 62.7 Å². The minimum Gasteiger partial charge on any atom is -0.497 e. The smallest absolute Gasteiger partial charge is 0.264 e. The third kappa shape index (κ3) is 8.12. The molecule has 1 N–H and O–H groups in total. The van der Waals surface area contributed by atoms with Gasteiger partial charge in [-0.25, -0.2) is 8.42 Å². The van der Waals surface area contributed by atoms with E-state index >= 15 is 0 Å². The van der Waals surface area contributed by atoms with Crippen molar-refractivity contribution in [1.29, 1.82) is 0 Å². The molecule has 2 amide bonds. The standard InChI is InChI=1S/C33H43N3O5S/c1-8-25(5)34-33(38)26(6)35(21-27-10-9-11-30(20-27)41-7)32(37)22-36(29-16-14-28(15-17-29)23(2)3)42(39,40)31-18-12-24(4)13-19-31/h9-20,23,25-26H,8,21-22H2,1-7H3,(H,34,38)/t25-,26+/m1/s1. The Morgan fingerprint density at radius 2 is 1.57 bits per heavy atom. The van der Waals surface area contributed by atoms with Crippen LogP contribution in [-0.4, -0.2) is 50.9 Å². The number of amides is 2. The van der Waals surface area contributed by atoms with Crippen molar-refractivity contribution in [2.45, 2.75) is 77.4 Å². The van der Waals surface area contributed by atoms with Gasteiger partial charge in [0.1, 0.15) is 18.3 Å². The van der Waals surface area contributed by atoms with Crippen LogP contribution in [0, 0.1) is 6.92 Å². The number of carbonyl (C=O) groups excluding carboxylic acids is 2. The van der Waals surface area contributed by atoms with Crippen molar-refractivity contribution < 1.29 is 22.7 Å². The van der Waals surface area contributed by atoms with Crippen LogP contribution < -0.4 is 14.4 Å². The van der Waals surface area contributed by atoms with Crippen LogP contribution in [0.1, 0.15) is 63.6 Å². The van der Waals surface area contributed by atoms with E-state index in [4.69, 9.17) is 4.74 Å². The van der Waals surface area contributed by atoms with Crippen molar-refractivity contribution >= 4 is 27.5 Å². The highest BCUT2D eigenvalue weighted by Crippen LogP contribution is 2.27. The molecule has 0 saturated heterocycles. The number of nitrogens with zero attached hydrogens (tertiary/aromatic N) is 2. The molecule has 0 aliphatic rings. The zero-order chi connectivity index (χ0) is 31.0. The highest BCUT2D eigenvalue weighted by atomic mass is 32.2. The van der Waals surface area contributed by atoms with Gasteiger partial charge in [-0.15, -0.1) is 0 Å². The summed E-state index contributed by atoms with van der Waals surface area (Å²) in [7, 11) is -2.56. The van der Waals surface area contributed by atoms with Gasteiger partial charge in [0.05, 0.1) is 17.7 Å². The molecule has 3 aromatic rings. The highest BCUT2D eigenvalue weighted by Gasteiger charge is 2.33. The first-order chi connectivity index (χ1) is 19.9. The molecule has 0 aliphatic heterocycles. The lowest BCUT2D eigenvalue weighted by molar-refractivity contribution is -0.139. The summed E-state index contributed by atoms with van der Waals surface area (Å²) in [4.78, 5) is 28.8. The van der Waals surface area contributed by atoms with Crippen molar-refractivity contribution in [1.82, 2.24) is 10.2 Å². The van der Waals surface area contributed by atoms with Crippen LogP contribution in [0.4, 0.5) is 5.69 Å². The molecule has 3 rings (SSSR count). The van der Waals surface area contributed by atoms with Gasteiger partial charge in [0, 0.05) is 12.6 Å². The topological polar surface area (TPSA) is 96.0 Å². The minimum atomic E-state index is -4.12. The number of aryl methyl sites for hydroxylation is 1. The fraction of sp³-hybridized carbons (Fsp3) is 0.394. The Morgan fingerprint density at radius 3 is 2.14 bits per heavy atom. The van der Waals surface area contributed by atoms with Crippen LogP contribution in [0.15, 0.2) is 77.7 Å². The van der Waals surface area contributed by atoms with Crippen LogP contribution in [0.25, 0.3) is 0 Å². The Morgan fingerprint density at radius 1 is 0.929 bits per heavy atom. The van der Waals surface area contributed by atoms with Crippen LogP contribution in [0.5, 0.6) is 5.75 Å². The largest absolute Gasteiger partial charge is 0.497 e. The summed E-state index contributed by atoms with van der Waals surface area (Å²) in [6.07, 6.45) is 0.733. The van der Waals surface area contributed by atoms with Gasteiger partial charge in [-0.2, -0.15) is 0 Å². The van der Waals surface area contributed by atoms with Crippen LogP contribution in [0.3, 0.4) is 0 Å². The summed E-state index contributed by atoms with van der Waals surface area (Å²) >= 11 is 0. The number of rotatable bonds is 13. The molecule has 0 unspecified atom stereocenters. The maximum Gasteiger partial charge on any atom is 0.264 e. The first kappa shape index (κ1) is 32.7. The number of hydrogen-bond donors (Lipinski definition) is 1. The highest BCUT2D eigenvalue weighted by molar-refractivity contribution is 7.92. The molecule has 0 aromatic heterocycles. The number of nitrogens with one attached hydrogen (secondary N) is 1. The lowest BCUT2D eigenvalue weighted by Gasteiger charge is -2.32. The number of benzene rings is 3. The second kappa shape index (κ2) is 14.4. The van der Waals surface area contributed by atoms with Gasteiger partial charge >= 0.3 is 0 Å². The van der Waals surface area contributed by atoms with E-state index in [0.29, 0.717) is 11.4 Å². The van der Waals surface area contributed by atoms with Crippen molar-refractivity contribution in [2.24, 2.45) is 0 Å². The number of ether oxygens (including phenoxy) is 1. The van der Waals surface area contributed by atoms with Crippen LogP contribution in [-0.2, 0) is 26.2 Å². The van der Waals surface area contributed by atoms with E-state index in [-0.39, 0.29) is 29.3 Å². The van der Waals surface area contributed by atoms with Gasteiger partial charge < -0.3 is 15.0 Å². The first-order valence-corrected chi connectivity index (χ1v) is 15.7. The fourth-order valence-corrected chi connectivity index (χ4v) is 5.82. The normalized spacial score (nSPS) is 12.9. The van der Waals surface area contributed by atoms with E-state index in [0.717, 1.165) is 27.4 Å². The monoisotopic (exact) mass is 593 g/mol. The number of methoxy groups -OCH3 is 1. The molecule has 0 heterocycles. The molecule has 3 aromatic carbocycles. The van der Waals surface area contributed by atoms with E-state index in [9.17, 15) is 18.0 Å². The Balaban J connectivity index is 2.05. The molecule has 226 valence electrons. The third-order valence-electron chi connectivity index (χ3n) is 7.39. The minimum absolute atomic E-state index is 0.0772. The fourth-order valence-electron chi connectivity index (χ4n) is 4.41. The zero-order valence-electron chi connectivity index (χ0n) is 25.6. The Bertz CT molecular complexity index is 1450. The van der Waals surface area contributed by atoms with Crippen molar-refractivity contribution in [3.05, 3.63) is 89.5 Å². The average molecular weight is 594 g/mol. The number of carbonyl (C=O) groups is 2. The molecule has 0 aliphatic carbocycles. The van der Waals surface area contributed by atoms with E-state index < -0.39 is 28.5 Å². The van der Waals surface area contributed by atoms with Crippen molar-refractivity contribution in [2.75, 3.05) is 18.0 Å². The van der Waals surface area contributed by atoms with Gasteiger partial charge in [0.25, 0.3) is 10.0 Å². The number of sulfonamides is 1. The SMILES string of the molecule is CC[C@@H](C)NC(=O)[C@H](C)N(Cc1cccc(OC)c1)C(=O)CN(c1ccc(C(C)C)cc1)S(=O)(=O)c1ccc(C)cc1. The Kier molecular flexibility index (Phi) is 11.2. The summed E-state index contributed by atoms with van der Waals surface area (Å²) in [5.74, 6) is 0.0552. The quantitative estimate of drug-likeness (QED) is 0.276. The second-order valence-corrected chi connectivity index (χ2v) is 12.8. The van der Waals surface area contributed by atoms with Gasteiger partial charge in [0.15, 0.2) is 0 Å². The molecular formula is C33H43N3O5S.